The van der Waals surface area contributed by atoms with Crippen LogP contribution in [-0.4, -0.2) is 20.9 Å². The molecule has 2 N–H and O–H groups in total. The van der Waals surface area contributed by atoms with Crippen molar-refractivity contribution in [3.8, 4) is 0 Å². The summed E-state index contributed by atoms with van der Waals surface area (Å²) in [6.45, 7) is 3.57. The van der Waals surface area contributed by atoms with Crippen molar-refractivity contribution in [2.24, 2.45) is 0 Å². The number of imidazole rings is 1. The first kappa shape index (κ1) is 15.8. The van der Waals surface area contributed by atoms with Crippen LogP contribution in [0.3, 0.4) is 0 Å². The molecule has 118 valence electrons. The number of nitrogens with zero attached hydrogens (tertiary/aromatic N) is 2. The normalized spacial score (nSPS) is 12.3. The molecule has 2 aromatic heterocycles. The van der Waals surface area contributed by atoms with Crippen LogP contribution >= 0.6 is 23.2 Å². The maximum Gasteiger partial charge on any atom is 0.255 e. The first-order valence-corrected chi connectivity index (χ1v) is 7.79. The summed E-state index contributed by atoms with van der Waals surface area (Å²) in [5.41, 5.74) is 2.59. The summed E-state index contributed by atoms with van der Waals surface area (Å²) in [5.74, 6) is 0.319. The van der Waals surface area contributed by atoms with Gasteiger partial charge in [0.25, 0.3) is 5.91 Å². The molecule has 3 rings (SSSR count). The van der Waals surface area contributed by atoms with Gasteiger partial charge in [0, 0.05) is 6.20 Å². The van der Waals surface area contributed by atoms with Gasteiger partial charge >= 0.3 is 0 Å². The lowest BCUT2D eigenvalue weighted by atomic mass is 10.2. The van der Waals surface area contributed by atoms with Crippen molar-refractivity contribution in [3.63, 3.8) is 0 Å². The van der Waals surface area contributed by atoms with E-state index in [9.17, 15) is 4.79 Å². The molecule has 0 saturated heterocycles. The number of hydrogen-bond acceptors (Lipinski definition) is 3. The highest BCUT2D eigenvalue weighted by Gasteiger charge is 2.19. The van der Waals surface area contributed by atoms with Crippen molar-refractivity contribution in [2.75, 3.05) is 0 Å². The molecule has 1 aromatic carbocycles. The minimum absolute atomic E-state index is 0.202. The Bertz CT molecular complexity index is 858. The zero-order valence-electron chi connectivity index (χ0n) is 12.5. The summed E-state index contributed by atoms with van der Waals surface area (Å²) in [6, 6.07) is 7.36. The van der Waals surface area contributed by atoms with E-state index < -0.39 is 0 Å². The predicted molar refractivity (Wildman–Crippen MR) is 91.0 cm³/mol. The van der Waals surface area contributed by atoms with Crippen molar-refractivity contribution in [1.29, 1.82) is 0 Å². The van der Waals surface area contributed by atoms with Crippen LogP contribution in [0.25, 0.3) is 11.0 Å². The molecular weight excluding hydrogens is 335 g/mol. The van der Waals surface area contributed by atoms with Crippen molar-refractivity contribution < 1.29 is 4.79 Å². The second-order valence-electron chi connectivity index (χ2n) is 5.22. The Labute approximate surface area is 143 Å². The second kappa shape index (κ2) is 6.18. The van der Waals surface area contributed by atoms with Crippen molar-refractivity contribution in [1.82, 2.24) is 20.3 Å². The summed E-state index contributed by atoms with van der Waals surface area (Å²) in [7, 11) is 0. The van der Waals surface area contributed by atoms with Crippen molar-refractivity contribution in [3.05, 3.63) is 57.6 Å². The molecule has 3 aromatic rings. The van der Waals surface area contributed by atoms with Gasteiger partial charge in [0.1, 0.15) is 5.82 Å². The van der Waals surface area contributed by atoms with Gasteiger partial charge in [-0.2, -0.15) is 0 Å². The summed E-state index contributed by atoms with van der Waals surface area (Å²) in [4.78, 5) is 24.1. The highest BCUT2D eigenvalue weighted by Crippen LogP contribution is 2.27. The molecular formula is C16H14Cl2N4O. The second-order valence-corrected chi connectivity index (χ2v) is 5.98. The van der Waals surface area contributed by atoms with Gasteiger partial charge < -0.3 is 10.3 Å². The molecule has 7 heteroatoms. The third kappa shape index (κ3) is 3.02. The smallest absolute Gasteiger partial charge is 0.255 e. The maximum absolute atomic E-state index is 12.4. The fraction of sp³-hybridized carbons (Fsp3) is 0.188. The average Bonchev–Trinajstić information content (AvgIpc) is 2.96. The molecule has 2 heterocycles. The highest BCUT2D eigenvalue weighted by molar-refractivity contribution is 6.44. The van der Waals surface area contributed by atoms with Gasteiger partial charge in [-0.3, -0.25) is 9.78 Å². The van der Waals surface area contributed by atoms with E-state index in [2.05, 4.69) is 20.3 Å². The number of pyridine rings is 1. The summed E-state index contributed by atoms with van der Waals surface area (Å²) in [5, 5.41) is 3.34. The minimum Gasteiger partial charge on any atom is -0.342 e. The van der Waals surface area contributed by atoms with Gasteiger partial charge in [0.05, 0.1) is 38.4 Å². The SMILES string of the molecule is Cc1ncc(C(=O)N[C@@H](C)c2nc3ccccc3[nH]2)c(Cl)c1Cl. The van der Waals surface area contributed by atoms with Gasteiger partial charge in [0.15, 0.2) is 0 Å². The number of amides is 1. The number of aryl methyl sites for hydroxylation is 1. The fourth-order valence-electron chi connectivity index (χ4n) is 2.23. The van der Waals surface area contributed by atoms with Crippen LogP contribution in [0.1, 0.15) is 34.8 Å². The number of H-pyrrole nitrogens is 1. The molecule has 5 nitrogen and oxygen atoms in total. The van der Waals surface area contributed by atoms with Crippen molar-refractivity contribution >= 4 is 40.1 Å². The van der Waals surface area contributed by atoms with Gasteiger partial charge in [0.2, 0.25) is 0 Å². The number of nitrogens with one attached hydrogen (secondary N) is 2. The van der Waals surface area contributed by atoms with E-state index in [-0.39, 0.29) is 27.6 Å². The summed E-state index contributed by atoms with van der Waals surface area (Å²) < 4.78 is 0. The monoisotopic (exact) mass is 348 g/mol. The zero-order valence-corrected chi connectivity index (χ0v) is 14.0. The Morgan fingerprint density at radius 3 is 2.74 bits per heavy atom. The number of aromatic amines is 1. The first-order valence-electron chi connectivity index (χ1n) is 7.03. The third-order valence-corrected chi connectivity index (χ3v) is 4.50. The van der Waals surface area contributed by atoms with E-state index >= 15 is 0 Å². The minimum atomic E-state index is -0.350. The van der Waals surface area contributed by atoms with Gasteiger partial charge in [-0.05, 0) is 26.0 Å². The molecule has 0 saturated carbocycles. The topological polar surface area (TPSA) is 70.7 Å². The Kier molecular flexibility index (Phi) is 4.24. The van der Waals surface area contributed by atoms with E-state index in [4.69, 9.17) is 23.2 Å². The fourth-order valence-corrected chi connectivity index (χ4v) is 2.65. The molecule has 0 spiro atoms. The molecule has 0 unspecified atom stereocenters. The molecule has 0 radical (unpaired) electrons. The van der Waals surface area contributed by atoms with Crippen molar-refractivity contribution in [2.45, 2.75) is 19.9 Å². The number of para-hydroxylation sites is 2. The predicted octanol–water partition coefficient (Wildman–Crippen LogP) is 4.06. The lowest BCUT2D eigenvalue weighted by Crippen LogP contribution is -2.27. The van der Waals surface area contributed by atoms with Crippen LogP contribution in [0.2, 0.25) is 10.0 Å². The lowest BCUT2D eigenvalue weighted by molar-refractivity contribution is 0.0938. The standard InChI is InChI=1S/C16H14Cl2N4O/c1-8-13(17)14(18)10(7-19-8)16(23)20-9(2)15-21-11-5-3-4-6-12(11)22-15/h3-7,9H,1-2H3,(H,20,23)(H,21,22)/t9-/m0/s1. The van der Waals surface area contributed by atoms with Gasteiger partial charge in [-0.1, -0.05) is 35.3 Å². The number of rotatable bonds is 3. The first-order chi connectivity index (χ1) is 11.0. The summed E-state index contributed by atoms with van der Waals surface area (Å²) in [6.07, 6.45) is 1.42. The number of halogens is 2. The Hall–Kier alpha value is -2.11. The maximum atomic E-state index is 12.4. The molecule has 0 aliphatic heterocycles. The van der Waals surface area contributed by atoms with E-state index in [1.54, 1.807) is 6.92 Å². The van der Waals surface area contributed by atoms with Crippen LogP contribution in [0.4, 0.5) is 0 Å². The number of aromatic nitrogens is 3. The number of fused-ring (bicyclic) bond motifs is 1. The Morgan fingerprint density at radius 2 is 2.00 bits per heavy atom. The largest absolute Gasteiger partial charge is 0.342 e. The zero-order chi connectivity index (χ0) is 16.6. The third-order valence-electron chi connectivity index (χ3n) is 3.54. The van der Waals surface area contributed by atoms with E-state index in [0.29, 0.717) is 11.5 Å². The molecule has 1 amide bonds. The molecule has 23 heavy (non-hydrogen) atoms. The van der Waals surface area contributed by atoms with E-state index in [1.807, 2.05) is 31.2 Å². The number of hydrogen-bond donors (Lipinski definition) is 2. The summed E-state index contributed by atoms with van der Waals surface area (Å²) >= 11 is 12.2. The molecule has 0 bridgehead atoms. The van der Waals surface area contributed by atoms with E-state index in [1.165, 1.54) is 6.20 Å². The Balaban J connectivity index is 1.83. The number of carbonyl (C=O) groups is 1. The number of carbonyl (C=O) groups excluding carboxylic acids is 1. The molecule has 0 aliphatic rings. The highest BCUT2D eigenvalue weighted by atomic mass is 35.5. The molecule has 0 aliphatic carbocycles. The van der Waals surface area contributed by atoms with Gasteiger partial charge in [-0.25, -0.2) is 4.98 Å². The average molecular weight is 349 g/mol. The molecule has 0 fully saturated rings. The Morgan fingerprint density at radius 1 is 1.26 bits per heavy atom. The quantitative estimate of drug-likeness (QED) is 0.749. The van der Waals surface area contributed by atoms with Crippen LogP contribution < -0.4 is 5.32 Å². The van der Waals surface area contributed by atoms with E-state index in [0.717, 1.165) is 11.0 Å². The van der Waals surface area contributed by atoms with Crippen LogP contribution in [0.5, 0.6) is 0 Å². The van der Waals surface area contributed by atoms with Crippen LogP contribution in [-0.2, 0) is 0 Å². The molecule has 1 atom stereocenters. The lowest BCUT2D eigenvalue weighted by Gasteiger charge is -2.13. The van der Waals surface area contributed by atoms with Crippen LogP contribution in [0, 0.1) is 6.92 Å². The van der Waals surface area contributed by atoms with Crippen LogP contribution in [0.15, 0.2) is 30.5 Å². The number of benzene rings is 1. The van der Waals surface area contributed by atoms with Gasteiger partial charge in [-0.15, -0.1) is 0 Å².